The summed E-state index contributed by atoms with van der Waals surface area (Å²) in [5.74, 6) is -0.188. The molecule has 1 N–H and O–H groups in total. The Balaban J connectivity index is 2.64. The van der Waals surface area contributed by atoms with E-state index in [4.69, 9.17) is 4.55 Å². The van der Waals surface area contributed by atoms with Crippen molar-refractivity contribution in [1.29, 1.82) is 0 Å². The minimum absolute atomic E-state index is 0.110. The van der Waals surface area contributed by atoms with Crippen LogP contribution in [-0.2, 0) is 32.8 Å². The van der Waals surface area contributed by atoms with Crippen LogP contribution in [0.2, 0.25) is 0 Å². The average molecular weight is 228 g/mol. The molecule has 15 heavy (non-hydrogen) atoms. The molecule has 1 rings (SSSR count). The molecule has 1 unspecified atom stereocenters. The van der Waals surface area contributed by atoms with Crippen molar-refractivity contribution in [3.63, 3.8) is 0 Å². The van der Waals surface area contributed by atoms with Crippen molar-refractivity contribution >= 4 is 17.0 Å². The van der Waals surface area contributed by atoms with Crippen molar-refractivity contribution in [1.82, 2.24) is 0 Å². The fraction of sp³-hybridized carbons (Fsp3) is 0.300. The molecule has 0 amide bonds. The van der Waals surface area contributed by atoms with Gasteiger partial charge in [-0.05, 0) is 11.1 Å². The van der Waals surface area contributed by atoms with Gasteiger partial charge < -0.3 is 9.29 Å². The molecule has 0 saturated carbocycles. The number of rotatable bonds is 4. The van der Waals surface area contributed by atoms with Gasteiger partial charge in [0.15, 0.2) is 11.1 Å². The Labute approximate surface area is 90.5 Å². The summed E-state index contributed by atoms with van der Waals surface area (Å²) in [6.45, 7) is 0. The molecule has 0 heterocycles. The zero-order valence-corrected chi connectivity index (χ0v) is 9.12. The highest BCUT2D eigenvalue weighted by Gasteiger charge is 2.03. The van der Waals surface area contributed by atoms with Gasteiger partial charge in [0.25, 0.3) is 0 Å². The monoisotopic (exact) mass is 228 g/mol. The van der Waals surface area contributed by atoms with E-state index in [-0.39, 0.29) is 18.1 Å². The summed E-state index contributed by atoms with van der Waals surface area (Å²) in [6.07, 6.45) is 0.221. The highest BCUT2D eigenvalue weighted by atomic mass is 32.2. The molecule has 0 saturated heterocycles. The summed E-state index contributed by atoms with van der Waals surface area (Å²) >= 11 is -1.83. The summed E-state index contributed by atoms with van der Waals surface area (Å²) < 4.78 is 23.7. The third-order valence-electron chi connectivity index (χ3n) is 1.89. The van der Waals surface area contributed by atoms with Crippen molar-refractivity contribution in [2.24, 2.45) is 0 Å². The van der Waals surface area contributed by atoms with Gasteiger partial charge in [0, 0.05) is 0 Å². The van der Waals surface area contributed by atoms with Crippen LogP contribution < -0.4 is 0 Å². The molecule has 0 aromatic heterocycles. The van der Waals surface area contributed by atoms with Crippen molar-refractivity contribution in [3.8, 4) is 0 Å². The van der Waals surface area contributed by atoms with Crippen LogP contribution in [0.25, 0.3) is 0 Å². The number of benzene rings is 1. The number of ether oxygens (including phenoxy) is 1. The van der Waals surface area contributed by atoms with E-state index in [1.807, 2.05) is 0 Å². The minimum atomic E-state index is -1.83. The maximum atomic E-state index is 10.9. The maximum absolute atomic E-state index is 10.9. The summed E-state index contributed by atoms with van der Waals surface area (Å²) in [5, 5.41) is 0. The molecule has 5 heteroatoms. The van der Waals surface area contributed by atoms with Crippen molar-refractivity contribution in [3.05, 3.63) is 35.4 Å². The Morgan fingerprint density at radius 1 is 1.33 bits per heavy atom. The smallest absolute Gasteiger partial charge is 0.309 e. The van der Waals surface area contributed by atoms with Gasteiger partial charge in [-0.2, -0.15) is 0 Å². The molecule has 0 spiro atoms. The quantitative estimate of drug-likeness (QED) is 0.619. The van der Waals surface area contributed by atoms with Gasteiger partial charge in [-0.25, -0.2) is 4.21 Å². The van der Waals surface area contributed by atoms with Crippen LogP contribution in [0.1, 0.15) is 11.1 Å². The van der Waals surface area contributed by atoms with Crippen LogP contribution in [0.5, 0.6) is 0 Å². The van der Waals surface area contributed by atoms with E-state index in [0.29, 0.717) is 0 Å². The van der Waals surface area contributed by atoms with Crippen LogP contribution in [0.3, 0.4) is 0 Å². The lowest BCUT2D eigenvalue weighted by Crippen LogP contribution is -2.04. The van der Waals surface area contributed by atoms with Gasteiger partial charge >= 0.3 is 5.97 Å². The van der Waals surface area contributed by atoms with E-state index in [2.05, 4.69) is 4.74 Å². The number of carbonyl (C=O) groups is 1. The zero-order valence-electron chi connectivity index (χ0n) is 8.30. The highest BCUT2D eigenvalue weighted by Crippen LogP contribution is 2.07. The largest absolute Gasteiger partial charge is 0.469 e. The maximum Gasteiger partial charge on any atom is 0.309 e. The number of carbonyl (C=O) groups excluding carboxylic acids is 1. The first-order valence-corrected chi connectivity index (χ1v) is 5.61. The Hall–Kier alpha value is -1.20. The van der Waals surface area contributed by atoms with E-state index in [9.17, 15) is 9.00 Å². The molecule has 0 bridgehead atoms. The Morgan fingerprint density at radius 3 is 2.33 bits per heavy atom. The molecule has 0 fully saturated rings. The van der Waals surface area contributed by atoms with Crippen LogP contribution in [0.4, 0.5) is 0 Å². The van der Waals surface area contributed by atoms with E-state index < -0.39 is 11.1 Å². The first-order valence-electron chi connectivity index (χ1n) is 4.34. The fourth-order valence-electron chi connectivity index (χ4n) is 1.13. The van der Waals surface area contributed by atoms with Crippen LogP contribution >= 0.6 is 0 Å². The number of hydrogen-bond acceptors (Lipinski definition) is 3. The predicted octanol–water partition coefficient (Wildman–Crippen LogP) is 1.12. The highest BCUT2D eigenvalue weighted by molar-refractivity contribution is 7.78. The van der Waals surface area contributed by atoms with Gasteiger partial charge in [-0.1, -0.05) is 24.3 Å². The number of methoxy groups -OCH3 is 1. The second kappa shape index (κ2) is 5.63. The van der Waals surface area contributed by atoms with Gasteiger partial charge in [-0.3, -0.25) is 4.79 Å². The molecule has 0 aliphatic heterocycles. The van der Waals surface area contributed by atoms with Crippen molar-refractivity contribution in [2.75, 3.05) is 7.11 Å². The SMILES string of the molecule is COC(=O)Cc1ccc(CS(=O)O)cc1. The lowest BCUT2D eigenvalue weighted by atomic mass is 10.1. The Morgan fingerprint density at radius 2 is 1.87 bits per heavy atom. The molecule has 0 aliphatic rings. The van der Waals surface area contributed by atoms with Gasteiger partial charge in [0.2, 0.25) is 0 Å². The molecular weight excluding hydrogens is 216 g/mol. The van der Waals surface area contributed by atoms with Crippen LogP contribution in [-0.4, -0.2) is 21.8 Å². The predicted molar refractivity (Wildman–Crippen MR) is 56.6 cm³/mol. The normalized spacial score (nSPS) is 12.1. The Bertz CT molecular complexity index is 358. The summed E-state index contributed by atoms with van der Waals surface area (Å²) in [4.78, 5) is 10.9. The van der Waals surface area contributed by atoms with E-state index in [1.54, 1.807) is 24.3 Å². The molecule has 1 atom stereocenters. The number of hydrogen-bond donors (Lipinski definition) is 1. The second-order valence-corrected chi connectivity index (χ2v) is 3.97. The molecular formula is C10H12O4S. The Kier molecular flexibility index (Phi) is 4.45. The summed E-state index contributed by atoms with van der Waals surface area (Å²) in [5.41, 5.74) is 1.60. The number of esters is 1. The topological polar surface area (TPSA) is 63.6 Å². The molecule has 0 aliphatic carbocycles. The summed E-state index contributed by atoms with van der Waals surface area (Å²) in [7, 11) is 1.34. The molecule has 0 radical (unpaired) electrons. The van der Waals surface area contributed by atoms with Gasteiger partial charge in [-0.15, -0.1) is 0 Å². The second-order valence-electron chi connectivity index (χ2n) is 3.04. The first-order chi connectivity index (χ1) is 7.11. The molecule has 82 valence electrons. The van der Waals surface area contributed by atoms with Gasteiger partial charge in [0.05, 0.1) is 19.3 Å². The van der Waals surface area contributed by atoms with E-state index in [0.717, 1.165) is 11.1 Å². The lowest BCUT2D eigenvalue weighted by molar-refractivity contribution is -0.139. The standard InChI is InChI=1S/C10H12O4S/c1-14-10(11)6-8-2-4-9(5-3-8)7-15(12)13/h2-5H,6-7H2,1H3,(H,12,13). The van der Waals surface area contributed by atoms with Crippen LogP contribution in [0.15, 0.2) is 24.3 Å². The lowest BCUT2D eigenvalue weighted by Gasteiger charge is -2.01. The minimum Gasteiger partial charge on any atom is -0.469 e. The molecule has 4 nitrogen and oxygen atoms in total. The van der Waals surface area contributed by atoms with Crippen molar-refractivity contribution < 1.29 is 18.3 Å². The molecule has 1 aromatic rings. The van der Waals surface area contributed by atoms with Crippen LogP contribution in [0, 0.1) is 0 Å². The third kappa shape index (κ3) is 4.22. The van der Waals surface area contributed by atoms with E-state index >= 15 is 0 Å². The van der Waals surface area contributed by atoms with Crippen molar-refractivity contribution in [2.45, 2.75) is 12.2 Å². The first kappa shape index (κ1) is 11.9. The molecule has 1 aromatic carbocycles. The fourth-order valence-corrected chi connectivity index (χ4v) is 1.61. The zero-order chi connectivity index (χ0) is 11.3. The average Bonchev–Trinajstić information content (AvgIpc) is 2.20. The van der Waals surface area contributed by atoms with Gasteiger partial charge in [0.1, 0.15) is 0 Å². The van der Waals surface area contributed by atoms with E-state index in [1.165, 1.54) is 7.11 Å². The third-order valence-corrected chi connectivity index (χ3v) is 2.47. The summed E-state index contributed by atoms with van der Waals surface area (Å²) in [6, 6.07) is 6.96.